The van der Waals surface area contributed by atoms with Gasteiger partial charge in [-0.2, -0.15) is 0 Å². The topological polar surface area (TPSA) is 27.7 Å². The second kappa shape index (κ2) is 7.12. The summed E-state index contributed by atoms with van der Waals surface area (Å²) in [7, 11) is 1.69. The first-order valence-corrected chi connectivity index (χ1v) is 7.07. The van der Waals surface area contributed by atoms with Gasteiger partial charge in [0.1, 0.15) is 5.75 Å². The lowest BCUT2D eigenvalue weighted by atomic mass is 10.0. The molecule has 0 aromatic heterocycles. The first-order valence-electron chi connectivity index (χ1n) is 6.27. The Balaban J connectivity index is 1.83. The quantitative estimate of drug-likeness (QED) is 0.833. The predicted octanol–water partition coefficient (Wildman–Crippen LogP) is 3.40. The zero-order valence-corrected chi connectivity index (χ0v) is 12.2. The van der Waals surface area contributed by atoms with E-state index in [1.54, 1.807) is 7.11 Å². The molecule has 0 N–H and O–H groups in total. The van der Waals surface area contributed by atoms with Crippen LogP contribution in [0.1, 0.15) is 18.4 Å². The summed E-state index contributed by atoms with van der Waals surface area (Å²) < 4.78 is 17.5. The average Bonchev–Trinajstić information content (AvgIpc) is 2.40. The van der Waals surface area contributed by atoms with Gasteiger partial charge in [0, 0.05) is 23.2 Å². The molecule has 1 aromatic rings. The van der Waals surface area contributed by atoms with Crippen molar-refractivity contribution in [1.82, 2.24) is 0 Å². The first-order chi connectivity index (χ1) is 8.79. The summed E-state index contributed by atoms with van der Waals surface area (Å²) in [5, 5.41) is 0. The SMILES string of the molecule is COc1ccc(Br)cc1COCC1CCOCC1. The van der Waals surface area contributed by atoms with Crippen LogP contribution in [0.4, 0.5) is 0 Å². The van der Waals surface area contributed by atoms with Gasteiger partial charge in [0.25, 0.3) is 0 Å². The van der Waals surface area contributed by atoms with E-state index < -0.39 is 0 Å². The zero-order chi connectivity index (χ0) is 12.8. The highest BCUT2D eigenvalue weighted by Gasteiger charge is 2.14. The molecular weight excluding hydrogens is 296 g/mol. The van der Waals surface area contributed by atoms with Crippen molar-refractivity contribution in [1.29, 1.82) is 0 Å². The van der Waals surface area contributed by atoms with Crippen LogP contribution >= 0.6 is 15.9 Å². The maximum absolute atomic E-state index is 5.80. The molecule has 0 bridgehead atoms. The van der Waals surface area contributed by atoms with Crippen LogP contribution in [0.5, 0.6) is 5.75 Å². The van der Waals surface area contributed by atoms with E-state index in [1.807, 2.05) is 18.2 Å². The Labute approximate surface area is 117 Å². The third kappa shape index (κ3) is 3.97. The van der Waals surface area contributed by atoms with Crippen LogP contribution in [0.2, 0.25) is 0 Å². The second-order valence-corrected chi connectivity index (χ2v) is 5.44. The van der Waals surface area contributed by atoms with Crippen LogP contribution in [0.25, 0.3) is 0 Å². The number of ether oxygens (including phenoxy) is 3. The fourth-order valence-electron chi connectivity index (χ4n) is 2.11. The van der Waals surface area contributed by atoms with Crippen molar-refractivity contribution in [2.45, 2.75) is 19.4 Å². The van der Waals surface area contributed by atoms with Gasteiger partial charge in [-0.25, -0.2) is 0 Å². The number of hydrogen-bond acceptors (Lipinski definition) is 3. The molecule has 0 aliphatic carbocycles. The Hall–Kier alpha value is -0.580. The summed E-state index contributed by atoms with van der Waals surface area (Å²) in [5.74, 6) is 1.52. The lowest BCUT2D eigenvalue weighted by molar-refractivity contribution is 0.0153. The third-order valence-electron chi connectivity index (χ3n) is 3.19. The van der Waals surface area contributed by atoms with E-state index in [-0.39, 0.29) is 0 Å². The van der Waals surface area contributed by atoms with E-state index in [2.05, 4.69) is 15.9 Å². The molecule has 1 aromatic carbocycles. The normalized spacial score (nSPS) is 16.8. The fraction of sp³-hybridized carbons (Fsp3) is 0.571. The molecule has 0 spiro atoms. The maximum atomic E-state index is 5.80. The minimum absolute atomic E-state index is 0.597. The first kappa shape index (κ1) is 13.8. The standard InChI is InChI=1S/C14H19BrO3/c1-16-14-3-2-13(15)8-12(14)10-18-9-11-4-6-17-7-5-11/h2-3,8,11H,4-7,9-10H2,1H3. The van der Waals surface area contributed by atoms with Crippen molar-refractivity contribution < 1.29 is 14.2 Å². The molecule has 4 heteroatoms. The minimum Gasteiger partial charge on any atom is -0.496 e. The monoisotopic (exact) mass is 314 g/mol. The summed E-state index contributed by atoms with van der Waals surface area (Å²) in [4.78, 5) is 0. The molecule has 0 amide bonds. The van der Waals surface area contributed by atoms with Crippen LogP contribution in [0.15, 0.2) is 22.7 Å². The van der Waals surface area contributed by atoms with E-state index in [0.717, 1.165) is 48.4 Å². The van der Waals surface area contributed by atoms with Crippen molar-refractivity contribution in [2.75, 3.05) is 26.9 Å². The fourth-order valence-corrected chi connectivity index (χ4v) is 2.52. The van der Waals surface area contributed by atoms with Gasteiger partial charge < -0.3 is 14.2 Å². The molecule has 0 unspecified atom stereocenters. The molecule has 1 heterocycles. The van der Waals surface area contributed by atoms with Crippen molar-refractivity contribution >= 4 is 15.9 Å². The van der Waals surface area contributed by atoms with Crippen LogP contribution in [-0.4, -0.2) is 26.9 Å². The van der Waals surface area contributed by atoms with Crippen LogP contribution < -0.4 is 4.74 Å². The highest BCUT2D eigenvalue weighted by Crippen LogP contribution is 2.24. The highest BCUT2D eigenvalue weighted by molar-refractivity contribution is 9.10. The van der Waals surface area contributed by atoms with E-state index in [1.165, 1.54) is 0 Å². The van der Waals surface area contributed by atoms with Crippen LogP contribution in [-0.2, 0) is 16.1 Å². The Bertz CT molecular complexity index is 375. The maximum Gasteiger partial charge on any atom is 0.124 e. The number of halogens is 1. The third-order valence-corrected chi connectivity index (χ3v) is 3.69. The van der Waals surface area contributed by atoms with Crippen molar-refractivity contribution in [3.8, 4) is 5.75 Å². The molecule has 100 valence electrons. The number of methoxy groups -OCH3 is 1. The highest BCUT2D eigenvalue weighted by atomic mass is 79.9. The summed E-state index contributed by atoms with van der Waals surface area (Å²) in [5.41, 5.74) is 1.08. The summed E-state index contributed by atoms with van der Waals surface area (Å²) in [6.45, 7) is 3.14. The van der Waals surface area contributed by atoms with E-state index >= 15 is 0 Å². The van der Waals surface area contributed by atoms with Gasteiger partial charge in [-0.05, 0) is 37.0 Å². The molecule has 1 fully saturated rings. The Morgan fingerprint density at radius 2 is 2.11 bits per heavy atom. The van der Waals surface area contributed by atoms with Gasteiger partial charge >= 0.3 is 0 Å². The van der Waals surface area contributed by atoms with Gasteiger partial charge in [0.05, 0.1) is 20.3 Å². The van der Waals surface area contributed by atoms with Gasteiger partial charge in [-0.1, -0.05) is 15.9 Å². The summed E-state index contributed by atoms with van der Waals surface area (Å²) in [6, 6.07) is 5.97. The smallest absolute Gasteiger partial charge is 0.124 e. The van der Waals surface area contributed by atoms with Gasteiger partial charge in [-0.3, -0.25) is 0 Å². The van der Waals surface area contributed by atoms with Gasteiger partial charge in [-0.15, -0.1) is 0 Å². The molecule has 3 nitrogen and oxygen atoms in total. The molecule has 2 rings (SSSR count). The molecular formula is C14H19BrO3. The Kier molecular flexibility index (Phi) is 5.47. The number of hydrogen-bond donors (Lipinski definition) is 0. The van der Waals surface area contributed by atoms with Crippen molar-refractivity contribution in [3.05, 3.63) is 28.2 Å². The molecule has 1 aliphatic heterocycles. The molecule has 1 saturated heterocycles. The van der Waals surface area contributed by atoms with E-state index in [9.17, 15) is 0 Å². The number of rotatable bonds is 5. The Morgan fingerprint density at radius 3 is 2.83 bits per heavy atom. The Morgan fingerprint density at radius 1 is 1.33 bits per heavy atom. The molecule has 0 radical (unpaired) electrons. The lowest BCUT2D eigenvalue weighted by Gasteiger charge is -2.22. The summed E-state index contributed by atoms with van der Waals surface area (Å²) in [6.07, 6.45) is 2.21. The molecule has 18 heavy (non-hydrogen) atoms. The second-order valence-electron chi connectivity index (χ2n) is 4.53. The lowest BCUT2D eigenvalue weighted by Crippen LogP contribution is -2.20. The van der Waals surface area contributed by atoms with Gasteiger partial charge in [0.2, 0.25) is 0 Å². The van der Waals surface area contributed by atoms with E-state index in [4.69, 9.17) is 14.2 Å². The predicted molar refractivity (Wildman–Crippen MR) is 73.9 cm³/mol. The van der Waals surface area contributed by atoms with Crippen LogP contribution in [0.3, 0.4) is 0 Å². The molecule has 0 saturated carbocycles. The van der Waals surface area contributed by atoms with Crippen molar-refractivity contribution in [2.24, 2.45) is 5.92 Å². The molecule has 1 aliphatic rings. The zero-order valence-electron chi connectivity index (χ0n) is 10.7. The van der Waals surface area contributed by atoms with E-state index in [0.29, 0.717) is 12.5 Å². The van der Waals surface area contributed by atoms with Crippen LogP contribution in [0, 0.1) is 5.92 Å². The van der Waals surface area contributed by atoms with Crippen molar-refractivity contribution in [3.63, 3.8) is 0 Å². The average molecular weight is 315 g/mol. The minimum atomic E-state index is 0.597. The largest absolute Gasteiger partial charge is 0.496 e. The summed E-state index contributed by atoms with van der Waals surface area (Å²) >= 11 is 3.47. The molecule has 0 atom stereocenters. The number of benzene rings is 1. The van der Waals surface area contributed by atoms with Gasteiger partial charge in [0.15, 0.2) is 0 Å².